The Morgan fingerprint density at radius 3 is 2.53 bits per heavy atom. The van der Waals surface area contributed by atoms with Gasteiger partial charge >= 0.3 is 6.18 Å². The number of carbonyl (C=O) groups is 1. The summed E-state index contributed by atoms with van der Waals surface area (Å²) in [5.41, 5.74) is 0.142. The number of nitrogens with zero attached hydrogens (tertiary/aromatic N) is 2. The van der Waals surface area contributed by atoms with E-state index in [0.717, 1.165) is 5.56 Å². The van der Waals surface area contributed by atoms with Crippen LogP contribution in [0.3, 0.4) is 0 Å². The molecule has 2 N–H and O–H groups in total. The molecule has 202 valence electrons. The van der Waals surface area contributed by atoms with E-state index in [4.69, 9.17) is 16.3 Å². The van der Waals surface area contributed by atoms with Gasteiger partial charge in [0.25, 0.3) is 0 Å². The zero-order valence-corrected chi connectivity index (χ0v) is 22.1. The van der Waals surface area contributed by atoms with Crippen molar-refractivity contribution in [2.45, 2.75) is 57.4 Å². The molecule has 2 rings (SSSR count). The van der Waals surface area contributed by atoms with Gasteiger partial charge in [-0.2, -0.15) is 13.2 Å². The predicted molar refractivity (Wildman–Crippen MR) is 133 cm³/mol. The lowest BCUT2D eigenvalue weighted by molar-refractivity contribution is -0.136. The minimum Gasteiger partial charge on any atom is -0.384 e. The van der Waals surface area contributed by atoms with Crippen molar-refractivity contribution in [1.82, 2.24) is 14.9 Å². The molecule has 1 amide bonds. The number of aliphatic imine (C=N–C) groups is 1. The summed E-state index contributed by atoms with van der Waals surface area (Å²) < 4.78 is 69.3. The Hall–Kier alpha value is -2.31. The molecular weight excluding hydrogens is 521 g/mol. The molecule has 0 fully saturated rings. The van der Waals surface area contributed by atoms with Crippen LogP contribution in [0.1, 0.15) is 38.7 Å². The zero-order valence-electron chi connectivity index (χ0n) is 20.5. The summed E-state index contributed by atoms with van der Waals surface area (Å²) in [6, 6.07) is 5.92. The standard InChI is InChI=1S/C23H32ClF3N4O4S/c1-16(31(36(33,34)14-13-35-4)15-17-6-8-18(24)9-7-17)5-10-19-29-20(22(2,3)30-19)21(32)28-12-11-23(25,26)27/h6-9,20H,1,5,10-15H2,2-4H3,(H,28,32)(H,29,30)/t20-/m0/s1. The normalized spacial score (nSPS) is 17.3. The van der Waals surface area contributed by atoms with Crippen LogP contribution in [0.15, 0.2) is 41.5 Å². The first-order chi connectivity index (χ1) is 16.6. The van der Waals surface area contributed by atoms with Crippen molar-refractivity contribution < 1.29 is 31.1 Å². The Morgan fingerprint density at radius 2 is 1.94 bits per heavy atom. The molecule has 0 aromatic heterocycles. The van der Waals surface area contributed by atoms with Crippen molar-refractivity contribution in [2.24, 2.45) is 4.99 Å². The van der Waals surface area contributed by atoms with Crippen LogP contribution in [-0.4, -0.2) is 68.2 Å². The Balaban J connectivity index is 2.06. The van der Waals surface area contributed by atoms with Crippen LogP contribution in [0.2, 0.25) is 5.02 Å². The van der Waals surface area contributed by atoms with Gasteiger partial charge in [0.1, 0.15) is 6.04 Å². The van der Waals surface area contributed by atoms with Gasteiger partial charge in [0, 0.05) is 30.8 Å². The lowest BCUT2D eigenvalue weighted by Crippen LogP contribution is -2.52. The smallest absolute Gasteiger partial charge is 0.384 e. The van der Waals surface area contributed by atoms with E-state index in [9.17, 15) is 26.4 Å². The monoisotopic (exact) mass is 552 g/mol. The third-order valence-corrected chi connectivity index (χ3v) is 7.53. The molecule has 1 aliphatic rings. The van der Waals surface area contributed by atoms with Crippen LogP contribution < -0.4 is 10.6 Å². The van der Waals surface area contributed by atoms with Crippen LogP contribution in [0, 0.1) is 0 Å². The van der Waals surface area contributed by atoms with Gasteiger partial charge in [0.05, 0.1) is 36.7 Å². The average Bonchev–Trinajstić information content (AvgIpc) is 3.08. The molecule has 1 aliphatic heterocycles. The molecule has 0 unspecified atom stereocenters. The van der Waals surface area contributed by atoms with Gasteiger partial charge in [-0.05, 0) is 38.0 Å². The number of allylic oxidation sites excluding steroid dienone is 1. The van der Waals surface area contributed by atoms with Gasteiger partial charge in [-0.1, -0.05) is 30.3 Å². The molecule has 0 spiro atoms. The summed E-state index contributed by atoms with van der Waals surface area (Å²) in [5.74, 6) is -0.381. The molecule has 0 saturated heterocycles. The summed E-state index contributed by atoms with van der Waals surface area (Å²) in [7, 11) is -2.34. The number of ether oxygens (including phenoxy) is 1. The molecule has 0 radical (unpaired) electrons. The number of nitrogens with one attached hydrogen (secondary N) is 2. The summed E-state index contributed by atoms with van der Waals surface area (Å²) in [6.45, 7) is 6.90. The van der Waals surface area contributed by atoms with E-state index in [-0.39, 0.29) is 31.7 Å². The van der Waals surface area contributed by atoms with Gasteiger partial charge in [-0.3, -0.25) is 14.1 Å². The fourth-order valence-electron chi connectivity index (χ4n) is 3.58. The molecule has 1 aromatic rings. The van der Waals surface area contributed by atoms with E-state index in [0.29, 0.717) is 16.6 Å². The molecule has 36 heavy (non-hydrogen) atoms. The second-order valence-corrected chi connectivity index (χ2v) is 11.4. The van der Waals surface area contributed by atoms with Crippen LogP contribution in [-0.2, 0) is 26.1 Å². The van der Waals surface area contributed by atoms with Gasteiger partial charge in [-0.15, -0.1) is 0 Å². The number of amidine groups is 1. The minimum absolute atomic E-state index is 0.0142. The van der Waals surface area contributed by atoms with Gasteiger partial charge in [-0.25, -0.2) is 8.42 Å². The lowest BCUT2D eigenvalue weighted by atomic mass is 9.96. The molecule has 8 nitrogen and oxygen atoms in total. The van der Waals surface area contributed by atoms with E-state index >= 15 is 0 Å². The number of methoxy groups -OCH3 is 1. The van der Waals surface area contributed by atoms with Gasteiger partial charge < -0.3 is 15.4 Å². The van der Waals surface area contributed by atoms with Crippen LogP contribution in [0.4, 0.5) is 13.2 Å². The van der Waals surface area contributed by atoms with Crippen molar-refractivity contribution in [2.75, 3.05) is 26.0 Å². The first-order valence-corrected chi connectivity index (χ1v) is 13.2. The van der Waals surface area contributed by atoms with E-state index in [1.165, 1.54) is 11.4 Å². The molecule has 0 aliphatic carbocycles. The topological polar surface area (TPSA) is 100 Å². The number of halogens is 4. The van der Waals surface area contributed by atoms with Gasteiger partial charge in [0.15, 0.2) is 0 Å². The molecule has 1 atom stereocenters. The van der Waals surface area contributed by atoms with Crippen LogP contribution in [0.5, 0.6) is 0 Å². The lowest BCUT2D eigenvalue weighted by Gasteiger charge is -2.26. The summed E-state index contributed by atoms with van der Waals surface area (Å²) in [4.78, 5) is 17.0. The number of sulfonamides is 1. The molecule has 0 saturated carbocycles. The van der Waals surface area contributed by atoms with E-state index in [1.807, 2.05) is 0 Å². The quantitative estimate of drug-likeness (QED) is 0.389. The third kappa shape index (κ3) is 8.97. The Labute approximate surface area is 215 Å². The van der Waals surface area contributed by atoms with Crippen molar-refractivity contribution in [3.8, 4) is 0 Å². The maximum absolute atomic E-state index is 13.0. The Bertz CT molecular complexity index is 1060. The van der Waals surface area contributed by atoms with E-state index < -0.39 is 46.7 Å². The molecule has 1 heterocycles. The Morgan fingerprint density at radius 1 is 1.31 bits per heavy atom. The number of alkyl halides is 3. The molecule has 0 bridgehead atoms. The molecule has 13 heteroatoms. The van der Waals surface area contributed by atoms with E-state index in [1.54, 1.807) is 38.1 Å². The first-order valence-electron chi connectivity index (χ1n) is 11.3. The summed E-state index contributed by atoms with van der Waals surface area (Å²) in [5, 5.41) is 5.78. The minimum atomic E-state index is -4.37. The highest BCUT2D eigenvalue weighted by molar-refractivity contribution is 7.89. The SMILES string of the molecule is C=C(CCC1=NC(C)(C)[C@H](C(=O)NCCC(F)(F)F)N1)N(Cc1ccc(Cl)cc1)S(=O)(=O)CCOC. The molecule has 1 aromatic carbocycles. The highest BCUT2D eigenvalue weighted by Crippen LogP contribution is 2.25. The molecular formula is C23H32ClF3N4O4S. The highest BCUT2D eigenvalue weighted by atomic mass is 35.5. The first kappa shape index (κ1) is 29.9. The predicted octanol–water partition coefficient (Wildman–Crippen LogP) is 3.63. The van der Waals surface area contributed by atoms with E-state index in [2.05, 4.69) is 22.2 Å². The maximum Gasteiger partial charge on any atom is 0.390 e. The maximum atomic E-state index is 13.0. The average molecular weight is 553 g/mol. The second-order valence-electron chi connectivity index (χ2n) is 8.95. The Kier molecular flexibility index (Phi) is 10.2. The third-order valence-electron chi connectivity index (χ3n) is 5.53. The number of carbonyl (C=O) groups excluding carboxylic acids is 1. The van der Waals surface area contributed by atoms with Crippen LogP contribution >= 0.6 is 11.6 Å². The number of hydrogen-bond acceptors (Lipinski definition) is 6. The zero-order chi connectivity index (χ0) is 27.1. The van der Waals surface area contributed by atoms with Crippen LogP contribution in [0.25, 0.3) is 0 Å². The van der Waals surface area contributed by atoms with Gasteiger partial charge in [0.2, 0.25) is 15.9 Å². The fraction of sp³-hybridized carbons (Fsp3) is 0.565. The highest BCUT2D eigenvalue weighted by Gasteiger charge is 2.41. The van der Waals surface area contributed by atoms with Crippen molar-refractivity contribution in [3.05, 3.63) is 47.1 Å². The number of rotatable bonds is 13. The number of hydrogen-bond donors (Lipinski definition) is 2. The number of amides is 1. The van der Waals surface area contributed by atoms with Crippen molar-refractivity contribution in [3.63, 3.8) is 0 Å². The fourth-order valence-corrected chi connectivity index (χ4v) is 5.13. The number of benzene rings is 1. The van der Waals surface area contributed by atoms with Crippen molar-refractivity contribution >= 4 is 33.4 Å². The largest absolute Gasteiger partial charge is 0.390 e. The summed E-state index contributed by atoms with van der Waals surface area (Å²) in [6.07, 6.45) is -5.02. The second kappa shape index (κ2) is 12.3. The van der Waals surface area contributed by atoms with Crippen molar-refractivity contribution in [1.29, 1.82) is 0 Å². The summed E-state index contributed by atoms with van der Waals surface area (Å²) >= 11 is 5.93.